The SMILES string of the molecule is CCCc1sc(=NC(=O)C(c2ccccc2)c2ccccc2)n(CC)c1-c1ccccc1. The Bertz CT molecular complexity index is 1190. The van der Waals surface area contributed by atoms with Crippen molar-refractivity contribution in [1.82, 2.24) is 4.57 Å². The highest BCUT2D eigenvalue weighted by Crippen LogP contribution is 2.29. The molecule has 0 aliphatic carbocycles. The molecule has 1 amide bonds. The molecule has 3 nitrogen and oxygen atoms in total. The molecule has 1 aromatic heterocycles. The van der Waals surface area contributed by atoms with Gasteiger partial charge >= 0.3 is 0 Å². The topological polar surface area (TPSA) is 34.4 Å². The van der Waals surface area contributed by atoms with Gasteiger partial charge in [-0.3, -0.25) is 4.79 Å². The number of hydrogen-bond acceptors (Lipinski definition) is 2. The summed E-state index contributed by atoms with van der Waals surface area (Å²) in [4.78, 5) is 20.4. The first-order chi connectivity index (χ1) is 15.7. The summed E-state index contributed by atoms with van der Waals surface area (Å²) in [6.45, 7) is 5.07. The normalized spacial score (nSPS) is 11.8. The number of benzene rings is 3. The van der Waals surface area contributed by atoms with Gasteiger partial charge in [0.2, 0.25) is 0 Å². The molecule has 0 fully saturated rings. The Morgan fingerprint density at radius 2 is 1.38 bits per heavy atom. The summed E-state index contributed by atoms with van der Waals surface area (Å²) < 4.78 is 2.19. The van der Waals surface area contributed by atoms with Crippen molar-refractivity contribution in [2.75, 3.05) is 0 Å². The fourth-order valence-electron chi connectivity index (χ4n) is 4.07. The van der Waals surface area contributed by atoms with Gasteiger partial charge in [-0.05, 0) is 30.0 Å². The number of aryl methyl sites for hydroxylation is 1. The zero-order valence-corrected chi connectivity index (χ0v) is 19.4. The Labute approximate surface area is 193 Å². The first-order valence-corrected chi connectivity index (χ1v) is 12.0. The van der Waals surface area contributed by atoms with E-state index in [-0.39, 0.29) is 5.91 Å². The van der Waals surface area contributed by atoms with Crippen molar-refractivity contribution in [3.63, 3.8) is 0 Å². The summed E-state index contributed by atoms with van der Waals surface area (Å²) in [6, 6.07) is 30.3. The van der Waals surface area contributed by atoms with Crippen molar-refractivity contribution in [2.24, 2.45) is 4.99 Å². The van der Waals surface area contributed by atoms with E-state index in [4.69, 9.17) is 4.99 Å². The van der Waals surface area contributed by atoms with Crippen LogP contribution in [0.2, 0.25) is 0 Å². The molecule has 4 aromatic rings. The van der Waals surface area contributed by atoms with Crippen LogP contribution in [-0.2, 0) is 17.8 Å². The average Bonchev–Trinajstić information content (AvgIpc) is 3.18. The van der Waals surface area contributed by atoms with Crippen LogP contribution < -0.4 is 4.80 Å². The van der Waals surface area contributed by atoms with Crippen LogP contribution in [0.4, 0.5) is 0 Å². The van der Waals surface area contributed by atoms with Crippen LogP contribution in [0.3, 0.4) is 0 Å². The van der Waals surface area contributed by atoms with Gasteiger partial charge in [-0.25, -0.2) is 0 Å². The highest BCUT2D eigenvalue weighted by molar-refractivity contribution is 7.09. The van der Waals surface area contributed by atoms with E-state index in [9.17, 15) is 4.79 Å². The molecule has 0 saturated heterocycles. The summed E-state index contributed by atoms with van der Waals surface area (Å²) in [6.07, 6.45) is 2.02. The minimum atomic E-state index is -0.417. The monoisotopic (exact) mass is 440 g/mol. The molecule has 0 aliphatic rings. The van der Waals surface area contributed by atoms with E-state index >= 15 is 0 Å². The van der Waals surface area contributed by atoms with Crippen molar-refractivity contribution in [3.05, 3.63) is 112 Å². The molecule has 0 atom stereocenters. The number of aromatic nitrogens is 1. The number of carbonyl (C=O) groups excluding carboxylic acids is 1. The number of nitrogens with zero attached hydrogens (tertiary/aromatic N) is 2. The third-order valence-electron chi connectivity index (χ3n) is 5.54. The van der Waals surface area contributed by atoms with Crippen molar-refractivity contribution >= 4 is 17.2 Å². The predicted molar refractivity (Wildman–Crippen MR) is 133 cm³/mol. The van der Waals surface area contributed by atoms with Gasteiger partial charge in [-0.15, -0.1) is 11.3 Å². The van der Waals surface area contributed by atoms with Crippen LogP contribution in [0.15, 0.2) is 96.0 Å². The van der Waals surface area contributed by atoms with Crippen LogP contribution in [0.5, 0.6) is 0 Å². The fourth-order valence-corrected chi connectivity index (χ4v) is 5.39. The van der Waals surface area contributed by atoms with Gasteiger partial charge in [-0.1, -0.05) is 104 Å². The lowest BCUT2D eigenvalue weighted by atomic mass is 9.91. The highest BCUT2D eigenvalue weighted by atomic mass is 32.1. The second-order valence-corrected chi connectivity index (χ2v) is 8.78. The Balaban J connectivity index is 1.85. The zero-order chi connectivity index (χ0) is 22.3. The van der Waals surface area contributed by atoms with E-state index in [0.29, 0.717) is 0 Å². The van der Waals surface area contributed by atoms with Gasteiger partial charge in [0.05, 0.1) is 11.6 Å². The molecular formula is C28H28N2OS. The van der Waals surface area contributed by atoms with E-state index in [1.165, 1.54) is 16.1 Å². The molecule has 3 aromatic carbocycles. The predicted octanol–water partition coefficient (Wildman–Crippen LogP) is 6.45. The van der Waals surface area contributed by atoms with Crippen LogP contribution in [0.1, 0.15) is 42.2 Å². The van der Waals surface area contributed by atoms with Gasteiger partial charge in [0, 0.05) is 11.4 Å². The molecule has 4 rings (SSSR count). The number of thiazole rings is 1. The number of carbonyl (C=O) groups is 1. The van der Waals surface area contributed by atoms with E-state index < -0.39 is 5.92 Å². The van der Waals surface area contributed by atoms with Crippen molar-refractivity contribution in [2.45, 2.75) is 39.2 Å². The van der Waals surface area contributed by atoms with Crippen LogP contribution in [0.25, 0.3) is 11.3 Å². The van der Waals surface area contributed by atoms with Gasteiger partial charge in [0.25, 0.3) is 5.91 Å². The fraction of sp³-hybridized carbons (Fsp3) is 0.214. The van der Waals surface area contributed by atoms with E-state index in [1.54, 1.807) is 11.3 Å². The third-order valence-corrected chi connectivity index (χ3v) is 6.68. The molecule has 0 N–H and O–H groups in total. The standard InChI is InChI=1S/C28H28N2OS/c1-3-14-24-26(23-19-12-7-13-20-23)30(4-2)28(32-24)29-27(31)25(21-15-8-5-9-16-21)22-17-10-6-11-18-22/h5-13,15-20,25H,3-4,14H2,1-2H3. The molecular weight excluding hydrogens is 412 g/mol. The van der Waals surface area contributed by atoms with E-state index in [1.807, 2.05) is 66.7 Å². The van der Waals surface area contributed by atoms with Crippen molar-refractivity contribution < 1.29 is 4.79 Å². The van der Waals surface area contributed by atoms with E-state index in [2.05, 4.69) is 42.7 Å². The minimum absolute atomic E-state index is 0.131. The number of hydrogen-bond donors (Lipinski definition) is 0. The van der Waals surface area contributed by atoms with Gasteiger partial charge < -0.3 is 4.57 Å². The van der Waals surface area contributed by atoms with Gasteiger partial charge in [0.15, 0.2) is 4.80 Å². The van der Waals surface area contributed by atoms with Crippen LogP contribution >= 0.6 is 11.3 Å². The summed E-state index contributed by atoms with van der Waals surface area (Å²) in [5, 5.41) is 0. The van der Waals surface area contributed by atoms with Crippen LogP contribution in [-0.4, -0.2) is 10.5 Å². The lowest BCUT2D eigenvalue weighted by Crippen LogP contribution is -2.20. The first-order valence-electron chi connectivity index (χ1n) is 11.2. The Morgan fingerprint density at radius 1 is 0.844 bits per heavy atom. The molecule has 0 radical (unpaired) electrons. The van der Waals surface area contributed by atoms with Crippen molar-refractivity contribution in [1.29, 1.82) is 0 Å². The second-order valence-electron chi connectivity index (χ2n) is 7.72. The molecule has 162 valence electrons. The van der Waals surface area contributed by atoms with Crippen molar-refractivity contribution in [3.8, 4) is 11.3 Å². The summed E-state index contributed by atoms with van der Waals surface area (Å²) >= 11 is 1.64. The summed E-state index contributed by atoms with van der Waals surface area (Å²) in [7, 11) is 0. The third kappa shape index (κ3) is 4.66. The molecule has 1 heterocycles. The van der Waals surface area contributed by atoms with Crippen LogP contribution in [0, 0.1) is 0 Å². The summed E-state index contributed by atoms with van der Waals surface area (Å²) in [5.74, 6) is -0.548. The Morgan fingerprint density at radius 3 is 1.88 bits per heavy atom. The zero-order valence-electron chi connectivity index (χ0n) is 18.6. The Hall–Kier alpha value is -3.24. The number of rotatable bonds is 7. The highest BCUT2D eigenvalue weighted by Gasteiger charge is 2.23. The lowest BCUT2D eigenvalue weighted by Gasteiger charge is -2.14. The first kappa shape index (κ1) is 22.0. The molecule has 0 saturated carbocycles. The Kier molecular flexibility index (Phi) is 7.13. The maximum Gasteiger partial charge on any atom is 0.260 e. The second kappa shape index (κ2) is 10.4. The maximum atomic E-state index is 13.6. The lowest BCUT2D eigenvalue weighted by molar-refractivity contribution is -0.118. The molecule has 0 unspecified atom stereocenters. The average molecular weight is 441 g/mol. The molecule has 4 heteroatoms. The van der Waals surface area contributed by atoms with E-state index in [0.717, 1.165) is 35.3 Å². The number of amides is 1. The van der Waals surface area contributed by atoms with Gasteiger partial charge in [-0.2, -0.15) is 4.99 Å². The van der Waals surface area contributed by atoms with Gasteiger partial charge in [0.1, 0.15) is 0 Å². The molecule has 0 spiro atoms. The smallest absolute Gasteiger partial charge is 0.260 e. The largest absolute Gasteiger partial charge is 0.316 e. The molecule has 32 heavy (non-hydrogen) atoms. The quantitative estimate of drug-likeness (QED) is 0.325. The maximum absolute atomic E-state index is 13.6. The minimum Gasteiger partial charge on any atom is -0.316 e. The summed E-state index contributed by atoms with van der Waals surface area (Å²) in [5.41, 5.74) is 4.28. The molecule has 0 bridgehead atoms. The molecule has 0 aliphatic heterocycles.